The maximum atomic E-state index is 13.6. The first kappa shape index (κ1) is 18.7. The average Bonchev–Trinajstić information content (AvgIpc) is 3.36. The third kappa shape index (κ3) is 3.20. The molecule has 1 aliphatic carbocycles. The molecule has 2 aromatic rings. The lowest BCUT2D eigenvalue weighted by Crippen LogP contribution is -2.48. The molecule has 2 atom stereocenters. The molecule has 1 fully saturated rings. The number of nitrogens with zero attached hydrogens (tertiary/aromatic N) is 2. The van der Waals surface area contributed by atoms with Crippen molar-refractivity contribution in [3.8, 4) is 5.75 Å². The van der Waals surface area contributed by atoms with Gasteiger partial charge in [-0.15, -0.1) is 0 Å². The second kappa shape index (κ2) is 7.16. The Bertz CT molecular complexity index is 1050. The van der Waals surface area contributed by atoms with Crippen LogP contribution in [0.3, 0.4) is 0 Å². The Hall–Kier alpha value is -3.35. The van der Waals surface area contributed by atoms with Crippen LogP contribution in [0, 0.1) is 11.7 Å². The smallest absolute Gasteiger partial charge is 0.322 e. The first-order valence-electron chi connectivity index (χ1n) is 10.0. The number of rotatable bonds is 4. The van der Waals surface area contributed by atoms with Crippen molar-refractivity contribution in [2.75, 3.05) is 25.5 Å². The van der Waals surface area contributed by atoms with Gasteiger partial charge in [-0.05, 0) is 59.4 Å². The van der Waals surface area contributed by atoms with Gasteiger partial charge in [0.2, 0.25) is 5.91 Å². The third-order valence-corrected chi connectivity index (χ3v) is 6.13. The summed E-state index contributed by atoms with van der Waals surface area (Å²) in [6, 6.07) is 11.8. The Labute approximate surface area is 173 Å². The maximum Gasteiger partial charge on any atom is 0.322 e. The summed E-state index contributed by atoms with van der Waals surface area (Å²) in [5.74, 6) is 0.684. The number of methoxy groups -OCH3 is 1. The van der Waals surface area contributed by atoms with Crippen LogP contribution in [-0.2, 0) is 11.3 Å². The molecule has 0 saturated carbocycles. The highest BCUT2D eigenvalue weighted by molar-refractivity contribution is 5.95. The van der Waals surface area contributed by atoms with Gasteiger partial charge in [-0.1, -0.05) is 18.2 Å². The summed E-state index contributed by atoms with van der Waals surface area (Å²) in [5.41, 5.74) is 3.50. The predicted molar refractivity (Wildman–Crippen MR) is 110 cm³/mol. The topological polar surface area (TPSA) is 61.9 Å². The molecule has 30 heavy (non-hydrogen) atoms. The van der Waals surface area contributed by atoms with Crippen molar-refractivity contribution in [1.82, 2.24) is 9.80 Å². The van der Waals surface area contributed by atoms with Crippen LogP contribution >= 0.6 is 0 Å². The van der Waals surface area contributed by atoms with E-state index < -0.39 is 0 Å². The lowest BCUT2D eigenvalue weighted by molar-refractivity contribution is -0.132. The lowest BCUT2D eigenvalue weighted by atomic mass is 10.00. The summed E-state index contributed by atoms with van der Waals surface area (Å²) in [7, 11) is 1.63. The van der Waals surface area contributed by atoms with E-state index in [4.69, 9.17) is 4.74 Å². The number of nitrogens with one attached hydrogen (secondary N) is 1. The van der Waals surface area contributed by atoms with Crippen LogP contribution in [-0.4, -0.2) is 48.0 Å². The number of halogens is 1. The quantitative estimate of drug-likeness (QED) is 0.844. The molecule has 7 heteroatoms. The minimum atomic E-state index is -0.359. The van der Waals surface area contributed by atoms with Gasteiger partial charge in [0, 0.05) is 12.2 Å². The fraction of sp³-hybridized carbons (Fsp3) is 0.304. The van der Waals surface area contributed by atoms with E-state index in [1.165, 1.54) is 17.0 Å². The van der Waals surface area contributed by atoms with E-state index in [2.05, 4.69) is 11.4 Å². The molecule has 3 amide bonds. The number of fused-ring (bicyclic) bond motifs is 3. The zero-order valence-corrected chi connectivity index (χ0v) is 16.6. The molecule has 2 bridgehead atoms. The highest BCUT2D eigenvalue weighted by Gasteiger charge is 2.42. The summed E-state index contributed by atoms with van der Waals surface area (Å²) in [4.78, 5) is 28.8. The van der Waals surface area contributed by atoms with Crippen LogP contribution in [0.25, 0.3) is 5.57 Å². The van der Waals surface area contributed by atoms with Gasteiger partial charge in [0.15, 0.2) is 0 Å². The van der Waals surface area contributed by atoms with Crippen molar-refractivity contribution in [3.05, 3.63) is 65.5 Å². The van der Waals surface area contributed by atoms with Gasteiger partial charge < -0.3 is 19.9 Å². The van der Waals surface area contributed by atoms with E-state index in [1.807, 2.05) is 29.2 Å². The molecule has 2 aromatic carbocycles. The van der Waals surface area contributed by atoms with Crippen LogP contribution < -0.4 is 10.1 Å². The largest absolute Gasteiger partial charge is 0.497 e. The summed E-state index contributed by atoms with van der Waals surface area (Å²) in [5, 5.41) is 2.74. The van der Waals surface area contributed by atoms with E-state index in [0.29, 0.717) is 23.7 Å². The fourth-order valence-electron chi connectivity index (χ4n) is 4.67. The van der Waals surface area contributed by atoms with Gasteiger partial charge >= 0.3 is 6.03 Å². The van der Waals surface area contributed by atoms with Crippen molar-refractivity contribution in [1.29, 1.82) is 0 Å². The predicted octanol–water partition coefficient (Wildman–Crippen LogP) is 3.50. The molecule has 0 aromatic heterocycles. The van der Waals surface area contributed by atoms with Gasteiger partial charge in [0.1, 0.15) is 18.1 Å². The number of carbonyl (C=O) groups excluding carboxylic acids is 2. The molecule has 2 aliphatic heterocycles. The van der Waals surface area contributed by atoms with E-state index in [9.17, 15) is 14.0 Å². The standard InChI is InChI=1S/C23H22FN3O3/c1-30-18-5-2-15(3-6-18)19-8-14-9-21(19)27(11-14)22(28)13-26-12-16-10-17(24)4-7-20(16)25-23(26)29/h2-8,10,14,21H,9,11-13H2,1H3,(H,25,29). The molecule has 0 spiro atoms. The zero-order valence-electron chi connectivity index (χ0n) is 16.6. The minimum Gasteiger partial charge on any atom is -0.497 e. The van der Waals surface area contributed by atoms with E-state index >= 15 is 0 Å². The highest BCUT2D eigenvalue weighted by Crippen LogP contribution is 2.42. The second-order valence-electron chi connectivity index (χ2n) is 8.00. The molecule has 1 saturated heterocycles. The monoisotopic (exact) mass is 407 g/mol. The number of hydrogen-bond acceptors (Lipinski definition) is 3. The third-order valence-electron chi connectivity index (χ3n) is 6.13. The Morgan fingerprint density at radius 3 is 2.77 bits per heavy atom. The SMILES string of the molecule is COc1ccc(C2=CC3CC2N(C(=O)CN2Cc4cc(F)ccc4NC2=O)C3)cc1. The van der Waals surface area contributed by atoms with E-state index in [0.717, 1.165) is 23.3 Å². The Kier molecular flexibility index (Phi) is 4.46. The van der Waals surface area contributed by atoms with E-state index in [1.54, 1.807) is 13.2 Å². The first-order valence-corrected chi connectivity index (χ1v) is 10.0. The van der Waals surface area contributed by atoms with Crippen LogP contribution in [0.4, 0.5) is 14.9 Å². The van der Waals surface area contributed by atoms with Crippen molar-refractivity contribution in [3.63, 3.8) is 0 Å². The molecule has 0 radical (unpaired) electrons. The molecule has 154 valence electrons. The average molecular weight is 407 g/mol. The lowest BCUT2D eigenvalue weighted by Gasteiger charge is -2.33. The molecular weight excluding hydrogens is 385 g/mol. The Balaban J connectivity index is 1.30. The second-order valence-corrected chi connectivity index (χ2v) is 8.00. The number of hydrogen-bond donors (Lipinski definition) is 1. The number of anilines is 1. The summed E-state index contributed by atoms with van der Waals surface area (Å²) in [6.07, 6.45) is 3.16. The number of carbonyl (C=O) groups is 2. The minimum absolute atomic E-state index is 0.0217. The summed E-state index contributed by atoms with van der Waals surface area (Å²) in [6.45, 7) is 0.860. The molecule has 6 nitrogen and oxygen atoms in total. The molecule has 5 rings (SSSR count). The van der Waals surface area contributed by atoms with Crippen molar-refractivity contribution < 1.29 is 18.7 Å². The summed E-state index contributed by atoms with van der Waals surface area (Å²) < 4.78 is 18.8. The van der Waals surface area contributed by atoms with Crippen LogP contribution in [0.2, 0.25) is 0 Å². The molecule has 3 aliphatic rings. The van der Waals surface area contributed by atoms with Crippen LogP contribution in [0.1, 0.15) is 17.5 Å². The Morgan fingerprint density at radius 2 is 2.03 bits per heavy atom. The van der Waals surface area contributed by atoms with Gasteiger partial charge in [-0.3, -0.25) is 4.79 Å². The number of benzene rings is 2. The molecule has 2 heterocycles. The maximum absolute atomic E-state index is 13.6. The van der Waals surface area contributed by atoms with Gasteiger partial charge in [0.25, 0.3) is 0 Å². The number of ether oxygens (including phenoxy) is 1. The van der Waals surface area contributed by atoms with Crippen molar-refractivity contribution in [2.24, 2.45) is 5.92 Å². The van der Waals surface area contributed by atoms with Gasteiger partial charge in [0.05, 0.1) is 19.7 Å². The highest BCUT2D eigenvalue weighted by atomic mass is 19.1. The first-order chi connectivity index (χ1) is 14.5. The number of likely N-dealkylation sites (tertiary alicyclic amines) is 1. The molecular formula is C23H22FN3O3. The van der Waals surface area contributed by atoms with Gasteiger partial charge in [-0.2, -0.15) is 0 Å². The molecule has 2 unspecified atom stereocenters. The van der Waals surface area contributed by atoms with E-state index in [-0.39, 0.29) is 36.9 Å². The van der Waals surface area contributed by atoms with Crippen LogP contribution in [0.5, 0.6) is 5.75 Å². The van der Waals surface area contributed by atoms with Gasteiger partial charge in [-0.25, -0.2) is 9.18 Å². The Morgan fingerprint density at radius 1 is 1.23 bits per heavy atom. The number of amides is 3. The summed E-state index contributed by atoms with van der Waals surface area (Å²) >= 11 is 0. The zero-order chi connectivity index (χ0) is 20.8. The van der Waals surface area contributed by atoms with Crippen molar-refractivity contribution >= 4 is 23.2 Å². The van der Waals surface area contributed by atoms with Crippen LogP contribution in [0.15, 0.2) is 48.5 Å². The number of urea groups is 1. The molecule has 1 N–H and O–H groups in total. The fourth-order valence-corrected chi connectivity index (χ4v) is 4.67. The normalized spacial score (nSPS) is 21.9. The van der Waals surface area contributed by atoms with Crippen molar-refractivity contribution in [2.45, 2.75) is 19.0 Å².